The van der Waals surface area contributed by atoms with Gasteiger partial charge >= 0.3 is 0 Å². The summed E-state index contributed by atoms with van der Waals surface area (Å²) in [4.78, 5) is 17.8. The van der Waals surface area contributed by atoms with Crippen LogP contribution in [0.3, 0.4) is 0 Å². The van der Waals surface area contributed by atoms with Gasteiger partial charge < -0.3 is 30.6 Å². The van der Waals surface area contributed by atoms with E-state index in [1.807, 2.05) is 26.0 Å². The molecule has 0 unspecified atom stereocenters. The van der Waals surface area contributed by atoms with Crippen LogP contribution in [0.5, 0.6) is 17.4 Å². The molecule has 0 aliphatic carbocycles. The highest BCUT2D eigenvalue weighted by Gasteiger charge is 2.15. The van der Waals surface area contributed by atoms with E-state index in [1.165, 1.54) is 6.21 Å². The lowest BCUT2D eigenvalue weighted by molar-refractivity contribution is 0.282. The Morgan fingerprint density at radius 2 is 2.06 bits per heavy atom. The Balaban J connectivity index is 1.83. The topological polar surface area (TPSA) is 138 Å². The van der Waals surface area contributed by atoms with Crippen molar-refractivity contribution in [2.24, 2.45) is 0 Å². The predicted octanol–water partition coefficient (Wildman–Crippen LogP) is 3.44. The molecule has 10 nitrogen and oxygen atoms in total. The zero-order chi connectivity index (χ0) is 24.5. The van der Waals surface area contributed by atoms with Crippen LogP contribution < -0.4 is 20.1 Å². The number of methoxy groups -OCH3 is 1. The highest BCUT2D eigenvalue weighted by Crippen LogP contribution is 2.31. The average Bonchev–Trinajstić information content (AvgIpc) is 2.84. The van der Waals surface area contributed by atoms with Crippen LogP contribution in [0.1, 0.15) is 24.7 Å². The molecule has 0 radical (unpaired) electrons. The molecule has 34 heavy (non-hydrogen) atoms. The van der Waals surface area contributed by atoms with Gasteiger partial charge in [0.1, 0.15) is 11.5 Å². The van der Waals surface area contributed by atoms with Crippen LogP contribution in [0.4, 0.5) is 5.95 Å². The third kappa shape index (κ3) is 6.04. The standard InChI is InChI=1S/C24H29N7O3/c1-15(8-10-32)29-24-28-14-19(23(31-24)33-4)20-5-6-22(16(2)30-20)34-18-7-9-27-21(11-18)17(12-25)13-26-3/h5-7,9,11-15,25-26,32H,8,10H2,1-4H3,(H,28,29,31)/b17-13+,25-12?/t15-/m1/s1. The first-order chi connectivity index (χ1) is 16.5. The predicted molar refractivity (Wildman–Crippen MR) is 131 cm³/mol. The normalized spacial score (nSPS) is 12.1. The Hall–Kier alpha value is -4.05. The molecule has 0 bridgehead atoms. The molecule has 0 aromatic carbocycles. The van der Waals surface area contributed by atoms with Crippen LogP contribution in [0, 0.1) is 12.3 Å². The maximum absolute atomic E-state index is 9.08. The largest absolute Gasteiger partial charge is 0.480 e. The molecule has 0 fully saturated rings. The van der Waals surface area contributed by atoms with Gasteiger partial charge in [-0.15, -0.1) is 0 Å². The minimum Gasteiger partial charge on any atom is -0.480 e. The van der Waals surface area contributed by atoms with E-state index in [0.717, 1.165) is 0 Å². The molecule has 3 aromatic rings. The third-order valence-corrected chi connectivity index (χ3v) is 4.91. The van der Waals surface area contributed by atoms with Gasteiger partial charge in [-0.25, -0.2) is 9.97 Å². The molecular weight excluding hydrogens is 434 g/mol. The first-order valence-electron chi connectivity index (χ1n) is 10.8. The number of hydrogen-bond donors (Lipinski definition) is 4. The summed E-state index contributed by atoms with van der Waals surface area (Å²) in [7, 11) is 3.31. The van der Waals surface area contributed by atoms with Crippen LogP contribution in [-0.4, -0.2) is 58.1 Å². The number of aryl methyl sites for hydroxylation is 1. The lowest BCUT2D eigenvalue weighted by atomic mass is 10.2. The van der Waals surface area contributed by atoms with E-state index < -0.39 is 0 Å². The van der Waals surface area contributed by atoms with Gasteiger partial charge in [0.25, 0.3) is 0 Å². The van der Waals surface area contributed by atoms with Crippen LogP contribution in [0.2, 0.25) is 0 Å². The van der Waals surface area contributed by atoms with E-state index in [-0.39, 0.29) is 12.6 Å². The number of allylic oxidation sites excluding steroid dienone is 1. The van der Waals surface area contributed by atoms with Crippen molar-refractivity contribution in [1.29, 1.82) is 5.41 Å². The van der Waals surface area contributed by atoms with Gasteiger partial charge in [0.2, 0.25) is 11.8 Å². The van der Waals surface area contributed by atoms with Crippen LogP contribution in [-0.2, 0) is 0 Å². The second kappa shape index (κ2) is 11.7. The Morgan fingerprint density at radius 3 is 2.74 bits per heavy atom. The maximum atomic E-state index is 9.08. The Labute approximate surface area is 198 Å². The number of rotatable bonds is 11. The molecule has 0 aliphatic heterocycles. The second-order valence-corrected chi connectivity index (χ2v) is 7.47. The van der Waals surface area contributed by atoms with E-state index in [4.69, 9.17) is 20.0 Å². The van der Waals surface area contributed by atoms with E-state index in [1.54, 1.807) is 44.9 Å². The average molecular weight is 464 g/mol. The van der Waals surface area contributed by atoms with Gasteiger partial charge in [-0.3, -0.25) is 4.98 Å². The Morgan fingerprint density at radius 1 is 1.24 bits per heavy atom. The molecule has 3 rings (SSSR count). The third-order valence-electron chi connectivity index (χ3n) is 4.91. The van der Waals surface area contributed by atoms with Crippen molar-refractivity contribution in [3.63, 3.8) is 0 Å². The number of aliphatic hydroxyl groups is 1. The van der Waals surface area contributed by atoms with Crippen molar-refractivity contribution in [1.82, 2.24) is 25.3 Å². The summed E-state index contributed by atoms with van der Waals surface area (Å²) < 4.78 is 11.5. The molecule has 1 atom stereocenters. The molecule has 0 spiro atoms. The molecule has 0 aliphatic rings. The summed E-state index contributed by atoms with van der Waals surface area (Å²) in [6.45, 7) is 3.88. The van der Waals surface area contributed by atoms with Gasteiger partial charge in [-0.2, -0.15) is 4.98 Å². The summed E-state index contributed by atoms with van der Waals surface area (Å²) in [5, 5.41) is 22.7. The van der Waals surface area contributed by atoms with Crippen LogP contribution in [0.15, 0.2) is 42.9 Å². The lowest BCUT2D eigenvalue weighted by Gasteiger charge is -2.15. The summed E-state index contributed by atoms with van der Waals surface area (Å²) in [6, 6.07) is 7.18. The van der Waals surface area contributed by atoms with Gasteiger partial charge in [0, 0.05) is 56.1 Å². The SMILES string of the molecule is CN/C=C(\C=N)c1cc(Oc2ccc(-c3cnc(N[C@H](C)CCO)nc3OC)nc2C)ccn1. The van der Waals surface area contributed by atoms with E-state index in [0.29, 0.717) is 58.0 Å². The van der Waals surface area contributed by atoms with Crippen molar-refractivity contribution in [3.05, 3.63) is 54.2 Å². The minimum atomic E-state index is 0.0230. The number of aromatic nitrogens is 4. The molecular formula is C24H29N7O3. The van der Waals surface area contributed by atoms with E-state index >= 15 is 0 Å². The summed E-state index contributed by atoms with van der Waals surface area (Å²) in [5.41, 5.74) is 3.23. The van der Waals surface area contributed by atoms with Gasteiger partial charge in [-0.05, 0) is 38.5 Å². The smallest absolute Gasteiger partial charge is 0.227 e. The highest BCUT2D eigenvalue weighted by molar-refractivity contribution is 6.07. The molecule has 0 saturated heterocycles. The second-order valence-electron chi connectivity index (χ2n) is 7.47. The number of nitrogens with one attached hydrogen (secondary N) is 3. The summed E-state index contributed by atoms with van der Waals surface area (Å²) in [5.74, 6) is 1.98. The molecule has 3 heterocycles. The monoisotopic (exact) mass is 463 g/mol. The van der Waals surface area contributed by atoms with Crippen molar-refractivity contribution >= 4 is 17.7 Å². The fourth-order valence-corrected chi connectivity index (χ4v) is 3.16. The van der Waals surface area contributed by atoms with Crippen molar-refractivity contribution in [2.75, 3.05) is 26.1 Å². The molecule has 10 heteroatoms. The molecule has 4 N–H and O–H groups in total. The number of anilines is 1. The van der Waals surface area contributed by atoms with Crippen molar-refractivity contribution < 1.29 is 14.6 Å². The number of aliphatic hydroxyl groups excluding tert-OH is 1. The molecule has 0 saturated carbocycles. The van der Waals surface area contributed by atoms with Gasteiger partial charge in [0.15, 0.2) is 0 Å². The van der Waals surface area contributed by atoms with Crippen molar-refractivity contribution in [2.45, 2.75) is 26.3 Å². The van der Waals surface area contributed by atoms with E-state index in [9.17, 15) is 0 Å². The number of ether oxygens (including phenoxy) is 2. The van der Waals surface area contributed by atoms with Crippen molar-refractivity contribution in [3.8, 4) is 28.6 Å². The van der Waals surface area contributed by atoms with Gasteiger partial charge in [-0.1, -0.05) is 0 Å². The molecule has 178 valence electrons. The zero-order valence-electron chi connectivity index (χ0n) is 19.7. The summed E-state index contributed by atoms with van der Waals surface area (Å²) >= 11 is 0. The fourth-order valence-electron chi connectivity index (χ4n) is 3.16. The van der Waals surface area contributed by atoms with Gasteiger partial charge in [0.05, 0.1) is 29.8 Å². The first-order valence-corrected chi connectivity index (χ1v) is 10.8. The van der Waals surface area contributed by atoms with Crippen LogP contribution >= 0.6 is 0 Å². The number of nitrogens with zero attached hydrogens (tertiary/aromatic N) is 4. The number of hydrogen-bond acceptors (Lipinski definition) is 10. The quantitative estimate of drug-likeness (QED) is 0.315. The number of pyridine rings is 2. The first kappa shape index (κ1) is 24.6. The van der Waals surface area contributed by atoms with E-state index in [2.05, 4.69) is 30.6 Å². The molecule has 0 amide bonds. The lowest BCUT2D eigenvalue weighted by Crippen LogP contribution is -2.18. The fraction of sp³-hybridized carbons (Fsp3) is 0.292. The Bertz CT molecular complexity index is 1170. The summed E-state index contributed by atoms with van der Waals surface area (Å²) in [6.07, 6.45) is 6.80. The zero-order valence-corrected chi connectivity index (χ0v) is 19.7. The highest BCUT2D eigenvalue weighted by atomic mass is 16.5. The Kier molecular flexibility index (Phi) is 8.47. The maximum Gasteiger partial charge on any atom is 0.227 e. The molecule has 3 aromatic heterocycles. The minimum absolute atomic E-state index is 0.0230. The van der Waals surface area contributed by atoms with Crippen LogP contribution in [0.25, 0.3) is 16.8 Å².